The number of fused-ring (bicyclic) bond motifs is 1. The van der Waals surface area contributed by atoms with Crippen LogP contribution in [-0.2, 0) is 16.4 Å². The Bertz CT molecular complexity index is 2530. The lowest BCUT2D eigenvalue weighted by Crippen LogP contribution is -2.47. The molecule has 3 aliphatic carbocycles. The molecule has 4 aromatic rings. The molecule has 2 fully saturated rings. The molecule has 64 heavy (non-hydrogen) atoms. The summed E-state index contributed by atoms with van der Waals surface area (Å²) in [6.45, 7) is 11.5. The van der Waals surface area contributed by atoms with Crippen molar-refractivity contribution in [2.24, 2.45) is 17.3 Å². The van der Waals surface area contributed by atoms with E-state index in [2.05, 4.69) is 58.8 Å². The van der Waals surface area contributed by atoms with Crippen molar-refractivity contribution in [1.29, 1.82) is 0 Å². The predicted molar refractivity (Wildman–Crippen MR) is 256 cm³/mol. The molecule has 2 atom stereocenters. The summed E-state index contributed by atoms with van der Waals surface area (Å²) in [5, 5.41) is 16.1. The number of carbonyl (C=O) groups excluding carboxylic acids is 1. The molecule has 14 heteroatoms. The standard InChI is InChI=1S/C50H58ClN5O6S.H2O/c1-4-34-7-5-8-35(27-34)32-52-46-20-18-43(30-47(46)56(58)59)63(60,61)53-49(57)44-19-16-41(29-48(44)62-42-17-13-36-9-6-10-38(36)28-42)55-25-23-54(24-26-55)33-39-21-22-50(2,3)31-45(39)37-11-14-40(51)15-12-37;/h6,10-20,28-30,34-35,52H,4-5,7-9,21-27,31-33H2,1-3H3,(H,53,57);1H2. The first-order chi connectivity index (χ1) is 30.2. The van der Waals surface area contributed by atoms with Crippen molar-refractivity contribution < 1.29 is 28.3 Å². The Kier molecular flexibility index (Phi) is 14.5. The largest absolute Gasteiger partial charge is 0.456 e. The second-order valence-electron chi connectivity index (χ2n) is 18.5. The van der Waals surface area contributed by atoms with E-state index in [0.717, 1.165) is 106 Å². The molecule has 8 rings (SSSR count). The molecule has 1 heterocycles. The zero-order valence-corrected chi connectivity index (χ0v) is 38.6. The number of halogens is 1. The number of hydrogen-bond donors (Lipinski definition) is 2. The van der Waals surface area contributed by atoms with E-state index in [1.165, 1.54) is 40.8 Å². The molecule has 12 nitrogen and oxygen atoms in total. The van der Waals surface area contributed by atoms with Crippen LogP contribution in [0.25, 0.3) is 11.6 Å². The minimum Gasteiger partial charge on any atom is -0.456 e. The number of carbonyl (C=O) groups is 1. The lowest BCUT2D eigenvalue weighted by Gasteiger charge is -2.39. The van der Waals surface area contributed by atoms with Gasteiger partial charge in [0.05, 0.1) is 15.4 Å². The highest BCUT2D eigenvalue weighted by Crippen LogP contribution is 2.44. The first-order valence-electron chi connectivity index (χ1n) is 22.4. The third-order valence-corrected chi connectivity index (χ3v) is 15.1. The maximum atomic E-state index is 14.0. The number of sulfonamides is 1. The molecule has 0 spiro atoms. The van der Waals surface area contributed by atoms with Crippen LogP contribution in [0.15, 0.2) is 95.4 Å². The summed E-state index contributed by atoms with van der Waals surface area (Å²) >= 11 is 6.25. The van der Waals surface area contributed by atoms with Crippen LogP contribution in [0.4, 0.5) is 17.1 Å². The van der Waals surface area contributed by atoms with E-state index in [1.54, 1.807) is 12.1 Å². The molecule has 0 radical (unpaired) electrons. The van der Waals surface area contributed by atoms with Crippen LogP contribution in [0.5, 0.6) is 11.5 Å². The smallest absolute Gasteiger partial charge is 0.293 e. The van der Waals surface area contributed by atoms with E-state index in [9.17, 15) is 23.3 Å². The Hall–Kier alpha value is -5.21. The summed E-state index contributed by atoms with van der Waals surface area (Å²) in [4.78, 5) is 30.0. The number of ether oxygens (including phenoxy) is 1. The molecular weight excluding hydrogens is 850 g/mol. The van der Waals surface area contributed by atoms with Gasteiger partial charge in [-0.25, -0.2) is 13.1 Å². The van der Waals surface area contributed by atoms with Crippen molar-refractivity contribution in [2.75, 3.05) is 49.5 Å². The second-order valence-corrected chi connectivity index (χ2v) is 20.6. The SMILES string of the molecule is CCC1CCCC(CNc2ccc(S(=O)(=O)NC(=O)c3ccc(N4CCN(CC5=C(c6ccc(Cl)cc6)CC(C)(C)CC5)CC4)cc3Oc3ccc4c(c3)C=CC4)cc2[N+](=O)[O-])C1.O. The summed E-state index contributed by atoms with van der Waals surface area (Å²) in [7, 11) is -4.53. The highest BCUT2D eigenvalue weighted by molar-refractivity contribution is 7.90. The van der Waals surface area contributed by atoms with E-state index in [1.807, 2.05) is 42.5 Å². The van der Waals surface area contributed by atoms with E-state index in [0.29, 0.717) is 24.1 Å². The first-order valence-corrected chi connectivity index (χ1v) is 24.2. The van der Waals surface area contributed by atoms with Crippen molar-refractivity contribution in [3.05, 3.63) is 128 Å². The molecule has 340 valence electrons. The number of nitro groups is 1. The molecule has 1 amide bonds. The normalized spacial score (nSPS) is 19.7. The van der Waals surface area contributed by atoms with Gasteiger partial charge in [0.2, 0.25) is 0 Å². The van der Waals surface area contributed by atoms with Crippen LogP contribution in [0.3, 0.4) is 0 Å². The van der Waals surface area contributed by atoms with Crippen LogP contribution in [0.2, 0.25) is 5.02 Å². The number of benzene rings is 4. The van der Waals surface area contributed by atoms with Gasteiger partial charge in [-0.1, -0.05) is 87.6 Å². The number of rotatable bonds is 14. The summed E-state index contributed by atoms with van der Waals surface area (Å²) in [6, 6.07) is 22.9. The van der Waals surface area contributed by atoms with Crippen LogP contribution in [-0.4, -0.2) is 68.9 Å². The molecule has 2 unspecified atom stereocenters. The average molecular weight is 911 g/mol. The Balaban J connectivity index is 0.00000612. The van der Waals surface area contributed by atoms with Crippen LogP contribution < -0.4 is 19.7 Å². The molecule has 4 aliphatic rings. The molecule has 1 saturated heterocycles. The number of anilines is 2. The Morgan fingerprint density at radius 3 is 2.48 bits per heavy atom. The van der Waals surface area contributed by atoms with Gasteiger partial charge in [0, 0.05) is 62.1 Å². The van der Waals surface area contributed by atoms with Gasteiger partial charge in [-0.05, 0) is 127 Å². The highest BCUT2D eigenvalue weighted by atomic mass is 35.5. The summed E-state index contributed by atoms with van der Waals surface area (Å²) in [6.07, 6.45) is 13.7. The minimum absolute atomic E-state index is 0. The topological polar surface area (TPSA) is 166 Å². The summed E-state index contributed by atoms with van der Waals surface area (Å²) in [5.74, 6) is 0.843. The molecular formula is C50H60ClN5O7S. The van der Waals surface area contributed by atoms with Gasteiger partial charge >= 0.3 is 0 Å². The Morgan fingerprint density at radius 1 is 0.969 bits per heavy atom. The number of amides is 1. The van der Waals surface area contributed by atoms with Crippen molar-refractivity contribution >= 4 is 56.2 Å². The van der Waals surface area contributed by atoms with Gasteiger partial charge in [-0.15, -0.1) is 0 Å². The minimum atomic E-state index is -4.53. The second kappa shape index (κ2) is 19.9. The van der Waals surface area contributed by atoms with Crippen molar-refractivity contribution in [3.63, 3.8) is 0 Å². The van der Waals surface area contributed by atoms with E-state index < -0.39 is 20.9 Å². The van der Waals surface area contributed by atoms with E-state index >= 15 is 0 Å². The maximum absolute atomic E-state index is 14.0. The van der Waals surface area contributed by atoms with Gasteiger partial charge < -0.3 is 20.4 Å². The third kappa shape index (κ3) is 11.0. The third-order valence-electron chi connectivity index (χ3n) is 13.5. The molecule has 0 aromatic heterocycles. The summed E-state index contributed by atoms with van der Waals surface area (Å²) in [5.41, 5.74) is 7.32. The summed E-state index contributed by atoms with van der Waals surface area (Å²) < 4.78 is 36.1. The zero-order chi connectivity index (χ0) is 44.3. The Labute approximate surface area is 382 Å². The first kappa shape index (κ1) is 46.8. The lowest BCUT2D eigenvalue weighted by molar-refractivity contribution is -0.384. The fourth-order valence-electron chi connectivity index (χ4n) is 9.72. The number of piperazine rings is 1. The van der Waals surface area contributed by atoms with Gasteiger partial charge in [0.15, 0.2) is 0 Å². The molecule has 0 bridgehead atoms. The molecule has 1 saturated carbocycles. The monoisotopic (exact) mass is 909 g/mol. The molecule has 4 N–H and O–H groups in total. The van der Waals surface area contributed by atoms with Crippen LogP contribution in [0, 0.1) is 27.4 Å². The number of nitrogens with one attached hydrogen (secondary N) is 2. The van der Waals surface area contributed by atoms with Crippen LogP contribution in [0.1, 0.15) is 99.2 Å². The van der Waals surface area contributed by atoms with Gasteiger partial charge in [0.25, 0.3) is 21.6 Å². The maximum Gasteiger partial charge on any atom is 0.293 e. The molecule has 1 aliphatic heterocycles. The highest BCUT2D eigenvalue weighted by Gasteiger charge is 2.31. The van der Waals surface area contributed by atoms with Gasteiger partial charge in [0.1, 0.15) is 17.2 Å². The average Bonchev–Trinajstić information content (AvgIpc) is 3.75. The van der Waals surface area contributed by atoms with E-state index in [-0.39, 0.29) is 38.5 Å². The van der Waals surface area contributed by atoms with Crippen LogP contribution >= 0.6 is 11.6 Å². The quantitative estimate of drug-likeness (QED) is 0.0925. The van der Waals surface area contributed by atoms with Crippen molar-refractivity contribution in [2.45, 2.75) is 83.5 Å². The number of nitrogens with zero attached hydrogens (tertiary/aromatic N) is 3. The number of nitro benzene ring substituents is 1. The van der Waals surface area contributed by atoms with Gasteiger partial charge in [-0.2, -0.15) is 0 Å². The molecule has 4 aromatic carbocycles. The lowest BCUT2D eigenvalue weighted by atomic mass is 9.72. The number of hydrogen-bond acceptors (Lipinski definition) is 9. The van der Waals surface area contributed by atoms with Crippen molar-refractivity contribution in [1.82, 2.24) is 9.62 Å². The van der Waals surface area contributed by atoms with Crippen molar-refractivity contribution in [3.8, 4) is 11.5 Å². The predicted octanol–water partition coefficient (Wildman–Crippen LogP) is 10.3. The van der Waals surface area contributed by atoms with E-state index in [4.69, 9.17) is 16.3 Å². The zero-order valence-electron chi connectivity index (χ0n) is 37.0. The van der Waals surface area contributed by atoms with Gasteiger partial charge in [-0.3, -0.25) is 19.8 Å². The number of allylic oxidation sites excluding steroid dienone is 2. The Morgan fingerprint density at radius 2 is 1.73 bits per heavy atom. The fourth-order valence-corrected chi connectivity index (χ4v) is 10.8. The fraction of sp³-hybridized carbons (Fsp3) is 0.420.